The van der Waals surface area contributed by atoms with Gasteiger partial charge in [0.2, 0.25) is 0 Å². The zero-order valence-corrected chi connectivity index (χ0v) is 21.7. The topological polar surface area (TPSA) is 67.2 Å². The largest absolute Gasteiger partial charge is 0.352 e. The lowest BCUT2D eigenvalue weighted by molar-refractivity contribution is 0.0746. The second kappa shape index (κ2) is 10.3. The summed E-state index contributed by atoms with van der Waals surface area (Å²) in [5.74, 6) is 2.33. The highest BCUT2D eigenvalue weighted by Crippen LogP contribution is 2.28. The van der Waals surface area contributed by atoms with Gasteiger partial charge in [0.25, 0.3) is 5.91 Å². The van der Waals surface area contributed by atoms with E-state index in [1.165, 1.54) is 0 Å². The van der Waals surface area contributed by atoms with E-state index in [1.54, 1.807) is 0 Å². The number of piperazine rings is 1. The number of hydrogen-bond donors (Lipinski definition) is 0. The van der Waals surface area contributed by atoms with E-state index in [9.17, 15) is 4.79 Å². The van der Waals surface area contributed by atoms with Crippen molar-refractivity contribution in [3.8, 4) is 5.69 Å². The molecule has 186 valence electrons. The molecule has 2 aromatic carbocycles. The maximum atomic E-state index is 13.0. The SMILES string of the molecule is Cc1ccc(C(=O)N2CCN(c3nc(CCC(C)C)nc4c3cnn4-c3cccc(Cl)c3)CC2)cc1. The van der Waals surface area contributed by atoms with Gasteiger partial charge in [-0.3, -0.25) is 4.79 Å². The number of nitrogens with zero attached hydrogens (tertiary/aromatic N) is 6. The van der Waals surface area contributed by atoms with E-state index in [4.69, 9.17) is 21.6 Å². The van der Waals surface area contributed by atoms with Gasteiger partial charge in [0.15, 0.2) is 5.65 Å². The van der Waals surface area contributed by atoms with Crippen molar-refractivity contribution >= 4 is 34.4 Å². The fourth-order valence-corrected chi connectivity index (χ4v) is 4.69. The Balaban J connectivity index is 1.44. The minimum atomic E-state index is 0.0777. The molecule has 5 rings (SSSR count). The predicted octanol–water partition coefficient (Wildman–Crippen LogP) is 5.33. The van der Waals surface area contributed by atoms with E-state index in [2.05, 4.69) is 23.8 Å². The summed E-state index contributed by atoms with van der Waals surface area (Å²) < 4.78 is 1.84. The number of rotatable bonds is 6. The Morgan fingerprint density at radius 2 is 1.78 bits per heavy atom. The molecule has 1 saturated heterocycles. The van der Waals surface area contributed by atoms with Crippen molar-refractivity contribution in [1.29, 1.82) is 0 Å². The van der Waals surface area contributed by atoms with Crippen LogP contribution in [0.4, 0.5) is 5.82 Å². The predicted molar refractivity (Wildman–Crippen MR) is 144 cm³/mol. The van der Waals surface area contributed by atoms with Gasteiger partial charge in [-0.05, 0) is 49.6 Å². The highest BCUT2D eigenvalue weighted by Gasteiger charge is 2.26. The molecule has 1 fully saturated rings. The van der Waals surface area contributed by atoms with Crippen LogP contribution in [-0.4, -0.2) is 56.7 Å². The highest BCUT2D eigenvalue weighted by molar-refractivity contribution is 6.30. The van der Waals surface area contributed by atoms with Crippen LogP contribution < -0.4 is 4.90 Å². The third-order valence-electron chi connectivity index (χ3n) is 6.62. The van der Waals surface area contributed by atoms with Crippen molar-refractivity contribution in [3.05, 3.63) is 76.7 Å². The summed E-state index contributed by atoms with van der Waals surface area (Å²) in [4.78, 5) is 27.1. The van der Waals surface area contributed by atoms with Gasteiger partial charge in [-0.15, -0.1) is 0 Å². The van der Waals surface area contributed by atoms with Crippen LogP contribution in [0.3, 0.4) is 0 Å². The van der Waals surface area contributed by atoms with Crippen LogP contribution in [0.5, 0.6) is 0 Å². The Bertz CT molecular complexity index is 1370. The second-order valence-electron chi connectivity index (χ2n) is 9.81. The number of hydrogen-bond acceptors (Lipinski definition) is 5. The van der Waals surface area contributed by atoms with Crippen LogP contribution in [0, 0.1) is 12.8 Å². The molecule has 36 heavy (non-hydrogen) atoms. The van der Waals surface area contributed by atoms with Gasteiger partial charge < -0.3 is 9.80 Å². The summed E-state index contributed by atoms with van der Waals surface area (Å²) in [5.41, 5.74) is 3.53. The summed E-state index contributed by atoms with van der Waals surface area (Å²) in [6.45, 7) is 9.13. The standard InChI is InChI=1S/C28H31ClN6O/c1-19(2)7-12-25-31-26(24-18-30-35(27(24)32-25)23-6-4-5-22(29)17-23)33-13-15-34(16-14-33)28(36)21-10-8-20(3)9-11-21/h4-6,8-11,17-19H,7,12-16H2,1-3H3. The first kappa shape index (κ1) is 24.3. The van der Waals surface area contributed by atoms with Gasteiger partial charge in [0, 0.05) is 43.2 Å². The molecule has 7 nitrogen and oxygen atoms in total. The Hall–Kier alpha value is -3.45. The maximum Gasteiger partial charge on any atom is 0.253 e. The average molecular weight is 503 g/mol. The molecule has 1 amide bonds. The molecule has 0 radical (unpaired) electrons. The summed E-state index contributed by atoms with van der Waals surface area (Å²) in [6, 6.07) is 15.4. The first-order valence-electron chi connectivity index (χ1n) is 12.5. The van der Waals surface area contributed by atoms with Crippen LogP contribution in [0.25, 0.3) is 16.7 Å². The highest BCUT2D eigenvalue weighted by atomic mass is 35.5. The van der Waals surface area contributed by atoms with Gasteiger partial charge in [-0.2, -0.15) is 5.10 Å². The molecule has 3 heterocycles. The average Bonchev–Trinajstić information content (AvgIpc) is 3.31. The zero-order valence-electron chi connectivity index (χ0n) is 21.0. The lowest BCUT2D eigenvalue weighted by Crippen LogP contribution is -2.49. The number of benzene rings is 2. The van der Waals surface area contributed by atoms with E-state index >= 15 is 0 Å². The van der Waals surface area contributed by atoms with Crippen LogP contribution in [0.1, 0.15) is 42.0 Å². The minimum absolute atomic E-state index is 0.0777. The van der Waals surface area contributed by atoms with Gasteiger partial charge >= 0.3 is 0 Å². The molecule has 0 atom stereocenters. The van der Waals surface area contributed by atoms with Crippen molar-refractivity contribution in [3.63, 3.8) is 0 Å². The van der Waals surface area contributed by atoms with E-state index in [0.717, 1.165) is 52.3 Å². The molecule has 2 aromatic heterocycles. The van der Waals surface area contributed by atoms with Crippen LogP contribution in [0.15, 0.2) is 54.7 Å². The van der Waals surface area contributed by atoms with Crippen molar-refractivity contribution in [2.24, 2.45) is 5.92 Å². The maximum absolute atomic E-state index is 13.0. The van der Waals surface area contributed by atoms with E-state index in [0.29, 0.717) is 37.1 Å². The molecule has 0 N–H and O–H groups in total. The number of aryl methyl sites for hydroxylation is 2. The lowest BCUT2D eigenvalue weighted by Gasteiger charge is -2.35. The van der Waals surface area contributed by atoms with Crippen molar-refractivity contribution in [1.82, 2.24) is 24.6 Å². The molecule has 0 aliphatic carbocycles. The molecule has 0 unspecified atom stereocenters. The van der Waals surface area contributed by atoms with Gasteiger partial charge in [-0.25, -0.2) is 14.6 Å². The number of anilines is 1. The third-order valence-corrected chi connectivity index (χ3v) is 6.85. The second-order valence-corrected chi connectivity index (χ2v) is 10.3. The quantitative estimate of drug-likeness (QED) is 0.356. The van der Waals surface area contributed by atoms with E-state index in [-0.39, 0.29) is 5.91 Å². The zero-order chi connectivity index (χ0) is 25.2. The molecule has 1 aliphatic heterocycles. The van der Waals surface area contributed by atoms with Crippen molar-refractivity contribution in [2.75, 3.05) is 31.1 Å². The summed E-state index contributed by atoms with van der Waals surface area (Å²) >= 11 is 6.26. The summed E-state index contributed by atoms with van der Waals surface area (Å²) in [5, 5.41) is 6.21. The number of carbonyl (C=O) groups excluding carboxylic acids is 1. The first-order valence-corrected chi connectivity index (χ1v) is 12.9. The lowest BCUT2D eigenvalue weighted by atomic mass is 10.1. The van der Waals surface area contributed by atoms with Crippen LogP contribution in [0.2, 0.25) is 5.02 Å². The Labute approximate surface area is 216 Å². The summed E-state index contributed by atoms with van der Waals surface area (Å²) in [6.07, 6.45) is 3.64. The van der Waals surface area contributed by atoms with Crippen LogP contribution in [-0.2, 0) is 6.42 Å². The fraction of sp³-hybridized carbons (Fsp3) is 0.357. The molecular formula is C28H31ClN6O. The molecule has 0 spiro atoms. The smallest absolute Gasteiger partial charge is 0.253 e. The van der Waals surface area contributed by atoms with Crippen molar-refractivity contribution < 1.29 is 4.79 Å². The molecular weight excluding hydrogens is 472 g/mol. The number of carbonyl (C=O) groups is 1. The molecule has 4 aromatic rings. The van der Waals surface area contributed by atoms with Crippen molar-refractivity contribution in [2.45, 2.75) is 33.6 Å². The van der Waals surface area contributed by atoms with E-state index < -0.39 is 0 Å². The summed E-state index contributed by atoms with van der Waals surface area (Å²) in [7, 11) is 0. The van der Waals surface area contributed by atoms with E-state index in [1.807, 2.05) is 71.2 Å². The Kier molecular flexibility index (Phi) is 6.92. The number of halogens is 1. The van der Waals surface area contributed by atoms with Gasteiger partial charge in [-0.1, -0.05) is 49.2 Å². The Morgan fingerprint density at radius 1 is 1.03 bits per heavy atom. The Morgan fingerprint density at radius 3 is 2.47 bits per heavy atom. The molecule has 1 aliphatic rings. The molecule has 8 heteroatoms. The molecule has 0 saturated carbocycles. The number of amides is 1. The molecule has 0 bridgehead atoms. The fourth-order valence-electron chi connectivity index (χ4n) is 4.50. The van der Waals surface area contributed by atoms with Crippen LogP contribution >= 0.6 is 11.6 Å². The number of aromatic nitrogens is 4. The monoisotopic (exact) mass is 502 g/mol. The third kappa shape index (κ3) is 5.07. The van der Waals surface area contributed by atoms with Gasteiger partial charge in [0.05, 0.1) is 17.3 Å². The number of fused-ring (bicyclic) bond motifs is 1. The first-order chi connectivity index (χ1) is 17.4. The van der Waals surface area contributed by atoms with Gasteiger partial charge in [0.1, 0.15) is 11.6 Å². The minimum Gasteiger partial charge on any atom is -0.352 e. The normalized spacial score (nSPS) is 14.1.